The number of rotatable bonds is 5. The highest BCUT2D eigenvalue weighted by Gasteiger charge is 2.24. The van der Waals surface area contributed by atoms with E-state index < -0.39 is 0 Å². The van der Waals surface area contributed by atoms with Crippen molar-refractivity contribution >= 4 is 6.03 Å². The van der Waals surface area contributed by atoms with Crippen LogP contribution in [0.2, 0.25) is 0 Å². The van der Waals surface area contributed by atoms with Crippen LogP contribution in [-0.4, -0.2) is 55.0 Å². The van der Waals surface area contributed by atoms with Gasteiger partial charge >= 0.3 is 6.03 Å². The summed E-state index contributed by atoms with van der Waals surface area (Å²) in [5, 5.41) is 12.1. The van der Waals surface area contributed by atoms with Crippen molar-refractivity contribution in [2.45, 2.75) is 25.4 Å². The number of ether oxygens (including phenoxy) is 1. The fourth-order valence-electron chi connectivity index (χ4n) is 2.56. The fraction of sp³-hybridized carbons (Fsp3) is 0.562. The molecular formula is C16H24N2O3. The van der Waals surface area contributed by atoms with Crippen molar-refractivity contribution in [3.63, 3.8) is 0 Å². The molecule has 1 aromatic carbocycles. The van der Waals surface area contributed by atoms with Gasteiger partial charge in [-0.3, -0.25) is 0 Å². The summed E-state index contributed by atoms with van der Waals surface area (Å²) in [6.45, 7) is 4.20. The molecule has 0 spiro atoms. The quantitative estimate of drug-likeness (QED) is 0.866. The predicted octanol–water partition coefficient (Wildman–Crippen LogP) is 1.58. The SMILES string of the molecule is CC[C@@H](CNC(=O)N1CCO[C@@H](CO)C1)c1ccccc1. The molecule has 21 heavy (non-hydrogen) atoms. The highest BCUT2D eigenvalue weighted by atomic mass is 16.5. The molecular weight excluding hydrogens is 268 g/mol. The molecule has 0 bridgehead atoms. The van der Waals surface area contributed by atoms with Crippen molar-refractivity contribution in [2.24, 2.45) is 0 Å². The molecule has 2 atom stereocenters. The second-order valence-corrected chi connectivity index (χ2v) is 5.32. The molecule has 2 rings (SSSR count). The first-order valence-electron chi connectivity index (χ1n) is 7.54. The molecule has 0 aliphatic carbocycles. The second-order valence-electron chi connectivity index (χ2n) is 5.32. The zero-order valence-electron chi connectivity index (χ0n) is 12.5. The molecule has 1 heterocycles. The Morgan fingerprint density at radius 1 is 1.48 bits per heavy atom. The van der Waals surface area contributed by atoms with Crippen molar-refractivity contribution in [1.29, 1.82) is 0 Å². The van der Waals surface area contributed by atoms with E-state index in [1.807, 2.05) is 18.2 Å². The molecule has 0 radical (unpaired) electrons. The number of aliphatic hydroxyl groups is 1. The van der Waals surface area contributed by atoms with Gasteiger partial charge in [0.25, 0.3) is 0 Å². The van der Waals surface area contributed by atoms with E-state index >= 15 is 0 Å². The number of carbonyl (C=O) groups excluding carboxylic acids is 1. The van der Waals surface area contributed by atoms with E-state index in [1.165, 1.54) is 5.56 Å². The van der Waals surface area contributed by atoms with Gasteiger partial charge in [0.15, 0.2) is 0 Å². The van der Waals surface area contributed by atoms with E-state index in [9.17, 15) is 4.79 Å². The summed E-state index contributed by atoms with van der Waals surface area (Å²) < 4.78 is 5.35. The lowest BCUT2D eigenvalue weighted by Gasteiger charge is -2.32. The van der Waals surface area contributed by atoms with Gasteiger partial charge in [-0.25, -0.2) is 4.79 Å². The number of benzene rings is 1. The van der Waals surface area contributed by atoms with Crippen molar-refractivity contribution in [1.82, 2.24) is 10.2 Å². The van der Waals surface area contributed by atoms with E-state index in [0.29, 0.717) is 32.2 Å². The van der Waals surface area contributed by atoms with Gasteiger partial charge in [-0.1, -0.05) is 37.3 Å². The number of amides is 2. The largest absolute Gasteiger partial charge is 0.394 e. The zero-order valence-corrected chi connectivity index (χ0v) is 12.5. The van der Waals surface area contributed by atoms with Gasteiger partial charge in [-0.2, -0.15) is 0 Å². The smallest absolute Gasteiger partial charge is 0.317 e. The van der Waals surface area contributed by atoms with Crippen molar-refractivity contribution < 1.29 is 14.6 Å². The molecule has 0 aromatic heterocycles. The predicted molar refractivity (Wildman–Crippen MR) is 81.3 cm³/mol. The summed E-state index contributed by atoms with van der Waals surface area (Å²) in [5.41, 5.74) is 1.25. The van der Waals surface area contributed by atoms with Crippen LogP contribution in [0.25, 0.3) is 0 Å². The molecule has 1 aromatic rings. The summed E-state index contributed by atoms with van der Waals surface area (Å²) >= 11 is 0. The Morgan fingerprint density at radius 2 is 2.24 bits per heavy atom. The highest BCUT2D eigenvalue weighted by molar-refractivity contribution is 5.74. The van der Waals surface area contributed by atoms with Gasteiger partial charge in [0, 0.05) is 19.0 Å². The summed E-state index contributed by atoms with van der Waals surface area (Å²) in [5.74, 6) is 0.324. The number of nitrogens with one attached hydrogen (secondary N) is 1. The summed E-state index contributed by atoms with van der Waals surface area (Å²) in [6.07, 6.45) is 0.716. The molecule has 5 heteroatoms. The lowest BCUT2D eigenvalue weighted by molar-refractivity contribution is -0.0402. The molecule has 116 valence electrons. The number of nitrogens with zero attached hydrogens (tertiary/aromatic N) is 1. The third-order valence-electron chi connectivity index (χ3n) is 3.89. The molecule has 2 N–H and O–H groups in total. The van der Waals surface area contributed by atoms with E-state index in [-0.39, 0.29) is 18.7 Å². The number of carbonyl (C=O) groups is 1. The zero-order chi connectivity index (χ0) is 15.1. The van der Waals surface area contributed by atoms with Gasteiger partial charge in [-0.15, -0.1) is 0 Å². The maximum Gasteiger partial charge on any atom is 0.317 e. The van der Waals surface area contributed by atoms with Crippen LogP contribution in [0.1, 0.15) is 24.8 Å². The van der Waals surface area contributed by atoms with Crippen molar-refractivity contribution in [3.8, 4) is 0 Å². The molecule has 1 aliphatic heterocycles. The molecule has 1 aliphatic rings. The van der Waals surface area contributed by atoms with Gasteiger partial charge in [-0.05, 0) is 12.0 Å². The molecule has 0 unspecified atom stereocenters. The van der Waals surface area contributed by atoms with Crippen LogP contribution in [0.15, 0.2) is 30.3 Å². The fourth-order valence-corrected chi connectivity index (χ4v) is 2.56. The van der Waals surface area contributed by atoms with Crippen molar-refractivity contribution in [2.75, 3.05) is 32.8 Å². The average molecular weight is 292 g/mol. The van der Waals surface area contributed by atoms with E-state index in [4.69, 9.17) is 9.84 Å². The average Bonchev–Trinajstić information content (AvgIpc) is 2.56. The van der Waals surface area contributed by atoms with Gasteiger partial charge < -0.3 is 20.1 Å². The lowest BCUT2D eigenvalue weighted by atomic mass is 9.97. The minimum atomic E-state index is -0.263. The summed E-state index contributed by atoms with van der Waals surface area (Å²) in [7, 11) is 0. The Hall–Kier alpha value is -1.59. The third kappa shape index (κ3) is 4.44. The van der Waals surface area contributed by atoms with Gasteiger partial charge in [0.2, 0.25) is 0 Å². The maximum absolute atomic E-state index is 12.2. The highest BCUT2D eigenvalue weighted by Crippen LogP contribution is 2.18. The molecule has 2 amide bonds. The second kappa shape index (κ2) is 8.00. The minimum Gasteiger partial charge on any atom is -0.394 e. The number of morpholine rings is 1. The number of urea groups is 1. The molecule has 0 saturated carbocycles. The van der Waals surface area contributed by atoms with Crippen LogP contribution in [0.4, 0.5) is 4.79 Å². The monoisotopic (exact) mass is 292 g/mol. The molecule has 5 nitrogen and oxygen atoms in total. The summed E-state index contributed by atoms with van der Waals surface area (Å²) in [6, 6.07) is 10.2. The van der Waals surface area contributed by atoms with Crippen molar-refractivity contribution in [3.05, 3.63) is 35.9 Å². The molecule has 1 saturated heterocycles. The van der Waals surface area contributed by atoms with Crippen LogP contribution in [0.5, 0.6) is 0 Å². The van der Waals surface area contributed by atoms with Gasteiger partial charge in [0.1, 0.15) is 0 Å². The van der Waals surface area contributed by atoms with E-state index in [2.05, 4.69) is 24.4 Å². The minimum absolute atomic E-state index is 0.0502. The Kier molecular flexibility index (Phi) is 6.02. The summed E-state index contributed by atoms with van der Waals surface area (Å²) in [4.78, 5) is 13.9. The van der Waals surface area contributed by atoms with Crippen LogP contribution >= 0.6 is 0 Å². The number of aliphatic hydroxyl groups excluding tert-OH is 1. The standard InChI is InChI=1S/C16H24N2O3/c1-2-13(14-6-4-3-5-7-14)10-17-16(20)18-8-9-21-15(11-18)12-19/h3-7,13,15,19H,2,8-12H2,1H3,(H,17,20)/t13-,15+/m0/s1. The maximum atomic E-state index is 12.2. The Bertz CT molecular complexity index is 438. The van der Waals surface area contributed by atoms with Crippen LogP contribution in [-0.2, 0) is 4.74 Å². The number of hydrogen-bond acceptors (Lipinski definition) is 3. The first-order chi connectivity index (χ1) is 10.2. The van der Waals surface area contributed by atoms with E-state index in [1.54, 1.807) is 4.90 Å². The number of hydrogen-bond donors (Lipinski definition) is 2. The third-order valence-corrected chi connectivity index (χ3v) is 3.89. The lowest BCUT2D eigenvalue weighted by Crippen LogP contribution is -2.51. The Morgan fingerprint density at radius 3 is 2.90 bits per heavy atom. The molecule has 1 fully saturated rings. The van der Waals surface area contributed by atoms with E-state index in [0.717, 1.165) is 6.42 Å². The normalized spacial score (nSPS) is 20.1. The van der Waals surface area contributed by atoms with Crippen LogP contribution in [0, 0.1) is 0 Å². The first-order valence-corrected chi connectivity index (χ1v) is 7.54. The van der Waals surface area contributed by atoms with Gasteiger partial charge in [0.05, 0.1) is 25.9 Å². The Balaban J connectivity index is 1.85. The first kappa shape index (κ1) is 15.8. The Labute approximate surface area is 125 Å². The van der Waals surface area contributed by atoms with Crippen LogP contribution < -0.4 is 5.32 Å². The topological polar surface area (TPSA) is 61.8 Å². The van der Waals surface area contributed by atoms with Crippen LogP contribution in [0.3, 0.4) is 0 Å².